The lowest BCUT2D eigenvalue weighted by atomic mass is 9.97. The van der Waals surface area contributed by atoms with Gasteiger partial charge in [-0.1, -0.05) is 140 Å². The first-order valence-corrected chi connectivity index (χ1v) is 18.7. The van der Waals surface area contributed by atoms with Gasteiger partial charge in [0.25, 0.3) is 0 Å². The van der Waals surface area contributed by atoms with E-state index in [2.05, 4.69) is 193 Å². The molecule has 0 aliphatic heterocycles. The number of nitrogens with zero attached hydrogens (tertiary/aromatic N) is 1. The van der Waals surface area contributed by atoms with Crippen LogP contribution in [0.25, 0.3) is 88.0 Å². The molecule has 11 aromatic rings. The largest absolute Gasteiger partial charge is 0.456 e. The van der Waals surface area contributed by atoms with E-state index < -0.39 is 0 Å². The van der Waals surface area contributed by atoms with Gasteiger partial charge in [0.05, 0.1) is 5.69 Å². The molecule has 3 heteroatoms. The van der Waals surface area contributed by atoms with Crippen LogP contribution in [0.2, 0.25) is 0 Å². The minimum atomic E-state index is 0.894. The van der Waals surface area contributed by atoms with E-state index in [-0.39, 0.29) is 0 Å². The molecule has 0 aliphatic carbocycles. The Labute approximate surface area is 317 Å². The number of para-hydroxylation sites is 2. The molecule has 0 saturated heterocycles. The Bertz CT molecular complexity index is 3190. The number of fused-ring (bicyclic) bond motifs is 8. The van der Waals surface area contributed by atoms with Gasteiger partial charge in [0.15, 0.2) is 0 Å². The molecule has 55 heavy (non-hydrogen) atoms. The average molecular weight is 704 g/mol. The first-order valence-electron chi connectivity index (χ1n) is 18.7. The van der Waals surface area contributed by atoms with Gasteiger partial charge in [-0.15, -0.1) is 0 Å². The lowest BCUT2D eigenvalue weighted by Crippen LogP contribution is -2.11. The molecule has 2 heterocycles. The van der Waals surface area contributed by atoms with Crippen molar-refractivity contribution < 1.29 is 8.83 Å². The molecule has 0 fully saturated rings. The first kappa shape index (κ1) is 31.2. The van der Waals surface area contributed by atoms with Gasteiger partial charge in [-0.25, -0.2) is 0 Å². The lowest BCUT2D eigenvalue weighted by molar-refractivity contribution is 0.669. The number of hydrogen-bond acceptors (Lipinski definition) is 3. The van der Waals surface area contributed by atoms with Crippen LogP contribution in [0.15, 0.2) is 209 Å². The molecule has 0 radical (unpaired) electrons. The van der Waals surface area contributed by atoms with Gasteiger partial charge in [0, 0.05) is 43.9 Å². The number of rotatable bonds is 6. The van der Waals surface area contributed by atoms with Crippen LogP contribution in [0.3, 0.4) is 0 Å². The number of benzene rings is 9. The number of hydrogen-bond donors (Lipinski definition) is 0. The van der Waals surface area contributed by atoms with Crippen molar-refractivity contribution in [1.29, 1.82) is 0 Å². The lowest BCUT2D eigenvalue weighted by Gasteiger charge is -2.28. The highest BCUT2D eigenvalue weighted by Gasteiger charge is 2.19. The van der Waals surface area contributed by atoms with Gasteiger partial charge in [-0.2, -0.15) is 0 Å². The maximum Gasteiger partial charge on any atom is 0.143 e. The second kappa shape index (κ2) is 12.6. The van der Waals surface area contributed by atoms with E-state index in [1.807, 2.05) is 12.1 Å². The molecule has 2 aromatic heterocycles. The molecule has 0 amide bonds. The van der Waals surface area contributed by atoms with Crippen molar-refractivity contribution in [2.75, 3.05) is 4.90 Å². The van der Waals surface area contributed by atoms with Gasteiger partial charge in [0.2, 0.25) is 0 Å². The third-order valence-corrected chi connectivity index (χ3v) is 10.9. The third-order valence-electron chi connectivity index (χ3n) is 10.9. The predicted molar refractivity (Wildman–Crippen MR) is 229 cm³/mol. The molecule has 0 saturated carbocycles. The maximum absolute atomic E-state index is 6.52. The van der Waals surface area contributed by atoms with Crippen molar-refractivity contribution >= 4 is 71.7 Å². The topological polar surface area (TPSA) is 29.5 Å². The van der Waals surface area contributed by atoms with Crippen molar-refractivity contribution in [2.24, 2.45) is 0 Å². The summed E-state index contributed by atoms with van der Waals surface area (Å²) in [5, 5.41) is 6.85. The highest BCUT2D eigenvalue weighted by molar-refractivity contribution is 6.19. The Balaban J connectivity index is 1.02. The van der Waals surface area contributed by atoms with E-state index >= 15 is 0 Å². The van der Waals surface area contributed by atoms with Crippen molar-refractivity contribution in [3.05, 3.63) is 200 Å². The van der Waals surface area contributed by atoms with Crippen LogP contribution in [0, 0.1) is 0 Å². The Morgan fingerprint density at radius 1 is 0.327 bits per heavy atom. The molecule has 9 aromatic carbocycles. The molecule has 3 nitrogen and oxygen atoms in total. The second-order valence-electron chi connectivity index (χ2n) is 14.1. The van der Waals surface area contributed by atoms with E-state index in [1.165, 1.54) is 10.9 Å². The monoisotopic (exact) mass is 703 g/mol. The Kier molecular flexibility index (Phi) is 7.17. The summed E-state index contributed by atoms with van der Waals surface area (Å²) >= 11 is 0. The van der Waals surface area contributed by atoms with Crippen molar-refractivity contribution in [1.82, 2.24) is 0 Å². The Morgan fingerprint density at radius 3 is 1.76 bits per heavy atom. The van der Waals surface area contributed by atoms with Crippen molar-refractivity contribution in [3.63, 3.8) is 0 Å². The summed E-state index contributed by atoms with van der Waals surface area (Å²) in [4.78, 5) is 2.36. The van der Waals surface area contributed by atoms with E-state index in [0.29, 0.717) is 0 Å². The highest BCUT2D eigenvalue weighted by Crippen LogP contribution is 2.44. The zero-order valence-electron chi connectivity index (χ0n) is 29.8. The van der Waals surface area contributed by atoms with Crippen LogP contribution < -0.4 is 4.90 Å². The minimum absolute atomic E-state index is 0.894. The summed E-state index contributed by atoms with van der Waals surface area (Å²) in [7, 11) is 0. The van der Waals surface area contributed by atoms with E-state index in [1.54, 1.807) is 0 Å². The Hall–Kier alpha value is -7.36. The van der Waals surface area contributed by atoms with Crippen LogP contribution in [-0.4, -0.2) is 0 Å². The fourth-order valence-electron chi connectivity index (χ4n) is 8.25. The van der Waals surface area contributed by atoms with E-state index in [4.69, 9.17) is 8.83 Å². The third kappa shape index (κ3) is 5.20. The standard InChI is InChI=1S/C52H33NO2/c1-2-11-35(12-3-1)41-14-6-8-18-47(41)53(39-27-21-34(22-28-39)38-26-31-45-44-16-7-9-19-48(44)54-50(45)33-38)40-29-23-37(24-30-40)42-17-10-20-49-51(42)46-32-25-36-13-4-5-15-43(36)52(46)55-49/h1-33H. The van der Waals surface area contributed by atoms with Crippen LogP contribution >= 0.6 is 0 Å². The summed E-state index contributed by atoms with van der Waals surface area (Å²) in [6.07, 6.45) is 0. The van der Waals surface area contributed by atoms with Crippen LogP contribution in [-0.2, 0) is 0 Å². The fraction of sp³-hybridized carbons (Fsp3) is 0. The summed E-state index contributed by atoms with van der Waals surface area (Å²) in [6, 6.07) is 71.0. The van der Waals surface area contributed by atoms with Gasteiger partial charge < -0.3 is 13.7 Å². The summed E-state index contributed by atoms with van der Waals surface area (Å²) in [6.45, 7) is 0. The quantitative estimate of drug-likeness (QED) is 0.173. The SMILES string of the molecule is c1ccc(-c2ccccc2N(c2ccc(-c3ccc4c(c3)oc3ccccc34)cc2)c2ccc(-c3cccc4oc5c6ccccc6ccc5c34)cc2)cc1. The molecule has 0 atom stereocenters. The zero-order chi connectivity index (χ0) is 36.3. The molecule has 0 unspecified atom stereocenters. The van der Waals surface area contributed by atoms with Crippen LogP contribution in [0.5, 0.6) is 0 Å². The molecule has 258 valence electrons. The number of furan rings is 2. The zero-order valence-corrected chi connectivity index (χ0v) is 29.8. The maximum atomic E-state index is 6.52. The summed E-state index contributed by atoms with van der Waals surface area (Å²) < 4.78 is 12.8. The second-order valence-corrected chi connectivity index (χ2v) is 14.1. The normalized spacial score (nSPS) is 11.6. The predicted octanol–water partition coefficient (Wildman–Crippen LogP) is 15.1. The smallest absolute Gasteiger partial charge is 0.143 e. The summed E-state index contributed by atoms with van der Waals surface area (Å²) in [5.74, 6) is 0. The first-order chi connectivity index (χ1) is 27.3. The molecule has 0 bridgehead atoms. The van der Waals surface area contributed by atoms with Crippen molar-refractivity contribution in [2.45, 2.75) is 0 Å². The van der Waals surface area contributed by atoms with Gasteiger partial charge >= 0.3 is 0 Å². The Morgan fingerprint density at radius 2 is 0.927 bits per heavy atom. The molecular formula is C52H33NO2. The summed E-state index contributed by atoms with van der Waals surface area (Å²) in [5.41, 5.74) is 13.7. The molecule has 0 spiro atoms. The van der Waals surface area contributed by atoms with Gasteiger partial charge in [-0.3, -0.25) is 0 Å². The van der Waals surface area contributed by atoms with Crippen molar-refractivity contribution in [3.8, 4) is 33.4 Å². The fourth-order valence-corrected chi connectivity index (χ4v) is 8.25. The molecular weight excluding hydrogens is 671 g/mol. The molecule has 0 aliphatic rings. The van der Waals surface area contributed by atoms with Gasteiger partial charge in [-0.05, 0) is 93.9 Å². The van der Waals surface area contributed by atoms with Crippen LogP contribution in [0.4, 0.5) is 17.1 Å². The van der Waals surface area contributed by atoms with Crippen LogP contribution in [0.1, 0.15) is 0 Å². The molecule has 0 N–H and O–H groups in total. The van der Waals surface area contributed by atoms with E-state index in [0.717, 1.165) is 94.1 Å². The highest BCUT2D eigenvalue weighted by atomic mass is 16.3. The minimum Gasteiger partial charge on any atom is -0.456 e. The van der Waals surface area contributed by atoms with Gasteiger partial charge in [0.1, 0.15) is 22.3 Å². The average Bonchev–Trinajstić information content (AvgIpc) is 3.83. The number of anilines is 3. The van der Waals surface area contributed by atoms with E-state index in [9.17, 15) is 0 Å². The molecule has 11 rings (SSSR count).